The topological polar surface area (TPSA) is 79.4 Å². The Labute approximate surface area is 150 Å². The molecule has 2 aromatic carbocycles. The highest BCUT2D eigenvalue weighted by molar-refractivity contribution is 5.91. The summed E-state index contributed by atoms with van der Waals surface area (Å²) in [6.07, 6.45) is 2.48. The lowest BCUT2D eigenvalue weighted by molar-refractivity contribution is 1.04. The molecule has 0 atom stereocenters. The molecule has 0 radical (unpaired) electrons. The van der Waals surface area contributed by atoms with Gasteiger partial charge in [-0.2, -0.15) is 4.98 Å². The molecule has 0 amide bonds. The molecule has 0 spiro atoms. The maximum atomic E-state index is 4.83. The lowest BCUT2D eigenvalue weighted by Crippen LogP contribution is -2.01. The Balaban J connectivity index is 1.67. The summed E-state index contributed by atoms with van der Waals surface area (Å²) in [5, 5.41) is 11.2. The van der Waals surface area contributed by atoms with E-state index in [-0.39, 0.29) is 0 Å². The predicted octanol–water partition coefficient (Wildman–Crippen LogP) is 4.34. The first kappa shape index (κ1) is 15.0. The van der Waals surface area contributed by atoms with Gasteiger partial charge in [0, 0.05) is 10.9 Å². The molecule has 2 N–H and O–H groups in total. The van der Waals surface area contributed by atoms with Crippen molar-refractivity contribution >= 4 is 22.7 Å². The average molecular weight is 342 g/mol. The number of nitrogens with one attached hydrogen (secondary N) is 2. The first-order valence-corrected chi connectivity index (χ1v) is 8.80. The summed E-state index contributed by atoms with van der Waals surface area (Å²) in [6, 6.07) is 16.4. The van der Waals surface area contributed by atoms with Crippen LogP contribution in [0.25, 0.3) is 22.3 Å². The summed E-state index contributed by atoms with van der Waals surface area (Å²) >= 11 is 0. The monoisotopic (exact) mass is 342 g/mol. The first-order valence-electron chi connectivity index (χ1n) is 8.80. The number of para-hydroxylation sites is 1. The first-order chi connectivity index (χ1) is 12.8. The fraction of sp³-hybridized carbons (Fsp3) is 0.200. The molecule has 0 saturated heterocycles. The lowest BCUT2D eigenvalue weighted by Gasteiger charge is -2.11. The maximum absolute atomic E-state index is 4.83. The van der Waals surface area contributed by atoms with Gasteiger partial charge < -0.3 is 5.32 Å². The number of nitrogens with zero attached hydrogens (tertiary/aromatic N) is 4. The fourth-order valence-electron chi connectivity index (χ4n) is 3.25. The molecule has 2 aromatic heterocycles. The van der Waals surface area contributed by atoms with Crippen molar-refractivity contribution < 1.29 is 0 Å². The van der Waals surface area contributed by atoms with Gasteiger partial charge in [-0.1, -0.05) is 36.4 Å². The second-order valence-corrected chi connectivity index (χ2v) is 6.64. The van der Waals surface area contributed by atoms with Crippen LogP contribution in [-0.2, 0) is 0 Å². The molecule has 0 bridgehead atoms. The minimum atomic E-state index is 0.507. The number of aromatic amines is 1. The summed E-state index contributed by atoms with van der Waals surface area (Å²) in [7, 11) is 0. The van der Waals surface area contributed by atoms with E-state index in [0.717, 1.165) is 33.9 Å². The highest BCUT2D eigenvalue weighted by atomic mass is 15.3. The number of hydrogen-bond acceptors (Lipinski definition) is 5. The Morgan fingerprint density at radius 2 is 1.77 bits per heavy atom. The second-order valence-electron chi connectivity index (χ2n) is 6.64. The van der Waals surface area contributed by atoms with Gasteiger partial charge in [0.2, 0.25) is 5.95 Å². The second kappa shape index (κ2) is 5.91. The van der Waals surface area contributed by atoms with Gasteiger partial charge >= 0.3 is 0 Å². The summed E-state index contributed by atoms with van der Waals surface area (Å²) in [6.45, 7) is 1.87. The third kappa shape index (κ3) is 2.69. The molecular formula is C20H18N6. The Morgan fingerprint density at radius 1 is 0.962 bits per heavy atom. The van der Waals surface area contributed by atoms with E-state index in [2.05, 4.69) is 38.7 Å². The minimum absolute atomic E-state index is 0.507. The molecule has 26 heavy (non-hydrogen) atoms. The average Bonchev–Trinajstić information content (AvgIpc) is 3.44. The molecule has 128 valence electrons. The zero-order chi connectivity index (χ0) is 17.5. The molecule has 1 saturated carbocycles. The minimum Gasteiger partial charge on any atom is -0.307 e. The zero-order valence-electron chi connectivity index (χ0n) is 14.4. The Morgan fingerprint density at radius 3 is 2.58 bits per heavy atom. The van der Waals surface area contributed by atoms with Crippen molar-refractivity contribution in [1.82, 2.24) is 25.1 Å². The zero-order valence-corrected chi connectivity index (χ0v) is 14.4. The predicted molar refractivity (Wildman–Crippen MR) is 101 cm³/mol. The highest BCUT2D eigenvalue weighted by Crippen LogP contribution is 2.44. The van der Waals surface area contributed by atoms with Gasteiger partial charge in [0.25, 0.3) is 0 Å². The number of anilines is 2. The number of rotatable bonds is 4. The number of benzene rings is 2. The Hall–Kier alpha value is -3.28. The van der Waals surface area contributed by atoms with Gasteiger partial charge in [-0.3, -0.25) is 5.10 Å². The molecule has 6 nitrogen and oxygen atoms in total. The van der Waals surface area contributed by atoms with Crippen LogP contribution in [-0.4, -0.2) is 25.1 Å². The van der Waals surface area contributed by atoms with Gasteiger partial charge in [0.1, 0.15) is 11.6 Å². The molecule has 0 aliphatic heterocycles. The molecule has 1 aliphatic carbocycles. The maximum Gasteiger partial charge on any atom is 0.247 e. The largest absolute Gasteiger partial charge is 0.307 e. The van der Waals surface area contributed by atoms with E-state index in [1.807, 2.05) is 37.3 Å². The van der Waals surface area contributed by atoms with Crippen LogP contribution in [0.5, 0.6) is 0 Å². The molecule has 5 rings (SSSR count). The number of H-pyrrole nitrogens is 1. The van der Waals surface area contributed by atoms with Crippen LogP contribution in [0.4, 0.5) is 11.8 Å². The van der Waals surface area contributed by atoms with Gasteiger partial charge in [-0.05, 0) is 43.4 Å². The van der Waals surface area contributed by atoms with Crippen molar-refractivity contribution in [3.05, 3.63) is 59.9 Å². The summed E-state index contributed by atoms with van der Waals surface area (Å²) in [5.41, 5.74) is 3.34. The number of aromatic nitrogens is 5. The van der Waals surface area contributed by atoms with Gasteiger partial charge in [0.15, 0.2) is 5.82 Å². The Kier molecular flexibility index (Phi) is 3.41. The summed E-state index contributed by atoms with van der Waals surface area (Å²) in [5.74, 6) is 3.35. The molecule has 4 aromatic rings. The van der Waals surface area contributed by atoms with E-state index in [4.69, 9.17) is 9.97 Å². The third-order valence-corrected chi connectivity index (χ3v) is 4.65. The molecular weight excluding hydrogens is 324 g/mol. The quantitative estimate of drug-likeness (QED) is 0.576. The van der Waals surface area contributed by atoms with Gasteiger partial charge in [-0.25, -0.2) is 9.97 Å². The Bertz CT molecular complexity index is 1100. The van der Waals surface area contributed by atoms with E-state index in [1.54, 1.807) is 0 Å². The number of fused-ring (bicyclic) bond motifs is 1. The van der Waals surface area contributed by atoms with Crippen LogP contribution in [0.15, 0.2) is 48.5 Å². The smallest absolute Gasteiger partial charge is 0.247 e. The van der Waals surface area contributed by atoms with E-state index < -0.39 is 0 Å². The van der Waals surface area contributed by atoms with E-state index >= 15 is 0 Å². The van der Waals surface area contributed by atoms with Crippen molar-refractivity contribution in [3.8, 4) is 11.4 Å². The molecule has 0 unspecified atom stereocenters. The van der Waals surface area contributed by atoms with Crippen molar-refractivity contribution in [3.63, 3.8) is 0 Å². The van der Waals surface area contributed by atoms with Crippen LogP contribution in [0.1, 0.15) is 30.1 Å². The van der Waals surface area contributed by atoms with Crippen molar-refractivity contribution in [1.29, 1.82) is 0 Å². The molecule has 1 aliphatic rings. The molecule has 6 heteroatoms. The molecule has 1 fully saturated rings. The third-order valence-electron chi connectivity index (χ3n) is 4.65. The molecule has 2 heterocycles. The lowest BCUT2D eigenvalue weighted by atomic mass is 10.0. The van der Waals surface area contributed by atoms with Crippen LogP contribution in [0.3, 0.4) is 0 Å². The van der Waals surface area contributed by atoms with Crippen LogP contribution in [0.2, 0.25) is 0 Å². The fourth-order valence-corrected chi connectivity index (χ4v) is 3.25. The van der Waals surface area contributed by atoms with Gasteiger partial charge in [0.05, 0.1) is 5.52 Å². The summed E-state index contributed by atoms with van der Waals surface area (Å²) < 4.78 is 0. The number of aryl methyl sites for hydroxylation is 1. The van der Waals surface area contributed by atoms with Gasteiger partial charge in [-0.15, -0.1) is 5.10 Å². The van der Waals surface area contributed by atoms with E-state index in [9.17, 15) is 0 Å². The van der Waals surface area contributed by atoms with Crippen molar-refractivity contribution in [2.75, 3.05) is 5.32 Å². The normalized spacial score (nSPS) is 13.9. The van der Waals surface area contributed by atoms with Crippen LogP contribution < -0.4 is 5.32 Å². The SMILES string of the molecule is Cc1nc(Nc2nc(-c3ccccc3C3CC3)nc3ccccc23)n[nH]1. The number of hydrogen-bond donors (Lipinski definition) is 2. The van der Waals surface area contributed by atoms with Crippen molar-refractivity contribution in [2.45, 2.75) is 25.7 Å². The van der Waals surface area contributed by atoms with Crippen LogP contribution >= 0.6 is 0 Å². The highest BCUT2D eigenvalue weighted by Gasteiger charge is 2.27. The van der Waals surface area contributed by atoms with Crippen LogP contribution in [0, 0.1) is 6.92 Å². The standard InChI is InChI=1S/C20H18N6/c1-12-21-20(26-25-12)24-19-16-8-4-5-9-17(16)22-18(23-19)15-7-3-2-6-14(15)13-10-11-13/h2-9,13H,10-11H2,1H3,(H2,21,22,23,24,25,26). The van der Waals surface area contributed by atoms with Crippen molar-refractivity contribution in [2.24, 2.45) is 0 Å². The van der Waals surface area contributed by atoms with E-state index in [1.165, 1.54) is 18.4 Å². The summed E-state index contributed by atoms with van der Waals surface area (Å²) in [4.78, 5) is 14.0. The van der Waals surface area contributed by atoms with E-state index in [0.29, 0.717) is 11.9 Å².